The maximum atomic E-state index is 12.0. The number of benzene rings is 1. The summed E-state index contributed by atoms with van der Waals surface area (Å²) in [7, 11) is -2.04. The number of nitrogens with one attached hydrogen (secondary N) is 1. The van der Waals surface area contributed by atoms with Crippen LogP contribution < -0.4 is 15.4 Å². The van der Waals surface area contributed by atoms with Gasteiger partial charge in [0.05, 0.1) is 16.3 Å². The Morgan fingerprint density at radius 2 is 1.95 bits per heavy atom. The van der Waals surface area contributed by atoms with E-state index in [9.17, 15) is 8.42 Å². The summed E-state index contributed by atoms with van der Waals surface area (Å²) in [6, 6.07) is 5.25. The number of anilines is 2. The number of hydrogen-bond donors (Lipinski definition) is 2. The van der Waals surface area contributed by atoms with E-state index in [0.29, 0.717) is 23.6 Å². The number of sulfonamides is 1. The monoisotopic (exact) mass is 311 g/mol. The fourth-order valence-electron chi connectivity index (χ4n) is 3.09. The molecule has 0 aliphatic carbocycles. The SMILES string of the molecule is CNS(=O)(=O)c1ccc(N)c(N2CC(C)CC(C)C2C)c1. The van der Waals surface area contributed by atoms with Crippen molar-refractivity contribution >= 4 is 21.4 Å². The van der Waals surface area contributed by atoms with Crippen LogP contribution in [0.25, 0.3) is 0 Å². The first kappa shape index (κ1) is 16.1. The molecule has 1 saturated heterocycles. The molecule has 0 spiro atoms. The van der Waals surface area contributed by atoms with Crippen LogP contribution in [0.2, 0.25) is 0 Å². The predicted octanol–water partition coefficient (Wildman–Crippen LogP) is 2.05. The molecular weight excluding hydrogens is 286 g/mol. The second-order valence-electron chi connectivity index (χ2n) is 6.14. The highest BCUT2D eigenvalue weighted by molar-refractivity contribution is 7.89. The Morgan fingerprint density at radius 3 is 2.57 bits per heavy atom. The van der Waals surface area contributed by atoms with Crippen molar-refractivity contribution in [3.05, 3.63) is 18.2 Å². The average Bonchev–Trinajstić information content (AvgIpc) is 2.43. The molecule has 2 rings (SSSR count). The zero-order valence-electron chi connectivity index (χ0n) is 13.1. The Kier molecular flexibility index (Phi) is 4.49. The summed E-state index contributed by atoms with van der Waals surface area (Å²) in [6.45, 7) is 7.53. The van der Waals surface area contributed by atoms with E-state index in [1.165, 1.54) is 13.5 Å². The van der Waals surface area contributed by atoms with E-state index in [0.717, 1.165) is 12.2 Å². The lowest BCUT2D eigenvalue weighted by Crippen LogP contribution is -2.46. The quantitative estimate of drug-likeness (QED) is 0.838. The van der Waals surface area contributed by atoms with Crippen molar-refractivity contribution in [1.82, 2.24) is 4.72 Å². The van der Waals surface area contributed by atoms with Crippen molar-refractivity contribution in [1.29, 1.82) is 0 Å². The van der Waals surface area contributed by atoms with Crippen LogP contribution in [0.4, 0.5) is 11.4 Å². The van der Waals surface area contributed by atoms with E-state index >= 15 is 0 Å². The number of hydrogen-bond acceptors (Lipinski definition) is 4. The molecule has 0 aromatic heterocycles. The Balaban J connectivity index is 2.45. The molecule has 3 N–H and O–H groups in total. The fourth-order valence-corrected chi connectivity index (χ4v) is 3.84. The van der Waals surface area contributed by atoms with Crippen LogP contribution in [0.1, 0.15) is 27.2 Å². The summed E-state index contributed by atoms with van der Waals surface area (Å²) >= 11 is 0. The molecule has 0 saturated carbocycles. The molecule has 1 heterocycles. The van der Waals surface area contributed by atoms with E-state index in [4.69, 9.17) is 5.73 Å². The first-order valence-electron chi connectivity index (χ1n) is 7.36. The second-order valence-corrected chi connectivity index (χ2v) is 8.03. The highest BCUT2D eigenvalue weighted by Gasteiger charge is 2.30. The van der Waals surface area contributed by atoms with Crippen molar-refractivity contribution < 1.29 is 8.42 Å². The smallest absolute Gasteiger partial charge is 0.240 e. The summed E-state index contributed by atoms with van der Waals surface area (Å²) in [5.41, 5.74) is 7.54. The predicted molar refractivity (Wildman–Crippen MR) is 86.9 cm³/mol. The molecule has 6 heteroatoms. The van der Waals surface area contributed by atoms with Crippen LogP contribution in [0, 0.1) is 11.8 Å². The van der Waals surface area contributed by atoms with Crippen molar-refractivity contribution in [3.8, 4) is 0 Å². The molecule has 1 aromatic rings. The van der Waals surface area contributed by atoms with Gasteiger partial charge in [0, 0.05) is 12.6 Å². The van der Waals surface area contributed by atoms with Gasteiger partial charge < -0.3 is 10.6 Å². The van der Waals surface area contributed by atoms with E-state index in [1.807, 2.05) is 0 Å². The van der Waals surface area contributed by atoms with Gasteiger partial charge in [-0.3, -0.25) is 0 Å². The van der Waals surface area contributed by atoms with Gasteiger partial charge in [0.2, 0.25) is 10.0 Å². The lowest BCUT2D eigenvalue weighted by atomic mass is 9.85. The highest BCUT2D eigenvalue weighted by Crippen LogP contribution is 2.35. The lowest BCUT2D eigenvalue weighted by molar-refractivity contribution is 0.297. The van der Waals surface area contributed by atoms with Gasteiger partial charge in [0.1, 0.15) is 0 Å². The third kappa shape index (κ3) is 3.16. The summed E-state index contributed by atoms with van der Waals surface area (Å²) in [5.74, 6) is 1.12. The number of nitrogens with zero attached hydrogens (tertiary/aromatic N) is 1. The van der Waals surface area contributed by atoms with Crippen LogP contribution in [0.3, 0.4) is 0 Å². The van der Waals surface area contributed by atoms with Crippen molar-refractivity contribution in [2.75, 3.05) is 24.2 Å². The van der Waals surface area contributed by atoms with Crippen molar-refractivity contribution in [2.24, 2.45) is 11.8 Å². The summed E-state index contributed by atoms with van der Waals surface area (Å²) in [5, 5.41) is 0. The van der Waals surface area contributed by atoms with Gasteiger partial charge in [-0.2, -0.15) is 0 Å². The number of nitrogen functional groups attached to an aromatic ring is 1. The fraction of sp³-hybridized carbons (Fsp3) is 0.600. The molecule has 21 heavy (non-hydrogen) atoms. The maximum absolute atomic E-state index is 12.0. The zero-order chi connectivity index (χ0) is 15.8. The third-order valence-corrected chi connectivity index (χ3v) is 5.90. The van der Waals surface area contributed by atoms with E-state index in [2.05, 4.69) is 30.4 Å². The second kappa shape index (κ2) is 5.85. The summed E-state index contributed by atoms with van der Waals surface area (Å²) in [4.78, 5) is 2.50. The Morgan fingerprint density at radius 1 is 1.29 bits per heavy atom. The van der Waals surface area contributed by atoms with Gasteiger partial charge >= 0.3 is 0 Å². The van der Waals surface area contributed by atoms with E-state index in [1.54, 1.807) is 18.2 Å². The molecule has 118 valence electrons. The minimum absolute atomic E-state index is 0.257. The van der Waals surface area contributed by atoms with E-state index in [-0.39, 0.29) is 4.90 Å². The molecule has 0 radical (unpaired) electrons. The maximum Gasteiger partial charge on any atom is 0.240 e. The van der Waals surface area contributed by atoms with Gasteiger partial charge in [0.15, 0.2) is 0 Å². The topological polar surface area (TPSA) is 75.4 Å². The van der Waals surface area contributed by atoms with Crippen LogP contribution in [0.5, 0.6) is 0 Å². The first-order chi connectivity index (χ1) is 9.76. The van der Waals surface area contributed by atoms with Gasteiger partial charge in [-0.15, -0.1) is 0 Å². The van der Waals surface area contributed by atoms with Crippen LogP contribution in [-0.4, -0.2) is 28.1 Å². The third-order valence-electron chi connectivity index (χ3n) is 4.49. The Hall–Kier alpha value is -1.27. The van der Waals surface area contributed by atoms with Crippen LogP contribution in [-0.2, 0) is 10.0 Å². The molecule has 1 aromatic carbocycles. The molecule has 1 aliphatic rings. The van der Waals surface area contributed by atoms with Gasteiger partial charge in [-0.25, -0.2) is 13.1 Å². The molecular formula is C15H25N3O2S. The summed E-state index contributed by atoms with van der Waals surface area (Å²) in [6.07, 6.45) is 1.19. The van der Waals surface area contributed by atoms with Crippen LogP contribution in [0.15, 0.2) is 23.1 Å². The molecule has 0 bridgehead atoms. The molecule has 0 amide bonds. The molecule has 1 aliphatic heterocycles. The summed E-state index contributed by atoms with van der Waals surface area (Å²) < 4.78 is 26.3. The standard InChI is InChI=1S/C15H25N3O2S/c1-10-7-11(2)12(3)18(9-10)15-8-13(5-6-14(15)16)21(19,20)17-4/h5-6,8,10-12,17H,7,9,16H2,1-4H3. The van der Waals surface area contributed by atoms with Gasteiger partial charge in [-0.05, 0) is 50.4 Å². The molecule has 1 fully saturated rings. The van der Waals surface area contributed by atoms with Crippen molar-refractivity contribution in [3.63, 3.8) is 0 Å². The first-order valence-corrected chi connectivity index (χ1v) is 8.84. The number of piperidine rings is 1. The van der Waals surface area contributed by atoms with Gasteiger partial charge in [0.25, 0.3) is 0 Å². The van der Waals surface area contributed by atoms with Gasteiger partial charge in [-0.1, -0.05) is 13.8 Å². The number of nitrogens with two attached hydrogens (primary N) is 1. The number of rotatable bonds is 3. The van der Waals surface area contributed by atoms with Crippen LogP contribution >= 0.6 is 0 Å². The minimum Gasteiger partial charge on any atom is -0.397 e. The molecule has 3 unspecified atom stereocenters. The zero-order valence-corrected chi connectivity index (χ0v) is 13.9. The average molecular weight is 311 g/mol. The highest BCUT2D eigenvalue weighted by atomic mass is 32.2. The lowest BCUT2D eigenvalue weighted by Gasteiger charge is -2.43. The normalized spacial score (nSPS) is 26.9. The molecule has 3 atom stereocenters. The Labute approximate surface area is 127 Å². The van der Waals surface area contributed by atoms with Crippen molar-refractivity contribution in [2.45, 2.75) is 38.1 Å². The Bertz CT molecular complexity index is 615. The van der Waals surface area contributed by atoms with E-state index < -0.39 is 10.0 Å². The minimum atomic E-state index is -3.45. The molecule has 5 nitrogen and oxygen atoms in total. The largest absolute Gasteiger partial charge is 0.397 e.